The Morgan fingerprint density at radius 1 is 1.19 bits per heavy atom. The molecule has 130 valence electrons. The minimum Gasteiger partial charge on any atom is -0.358 e. The summed E-state index contributed by atoms with van der Waals surface area (Å²) in [7, 11) is 0. The first-order valence-corrected chi connectivity index (χ1v) is 8.46. The number of Topliss-reactive ketones (excluding diaryl/α,β-unsaturated/α-hetero) is 1. The van der Waals surface area contributed by atoms with Gasteiger partial charge in [0.25, 0.3) is 0 Å². The highest BCUT2D eigenvalue weighted by atomic mass is 35.5. The highest BCUT2D eigenvalue weighted by Gasteiger charge is 2.15. The summed E-state index contributed by atoms with van der Waals surface area (Å²) in [6, 6.07) is 11.9. The van der Waals surface area contributed by atoms with E-state index in [0.717, 1.165) is 5.65 Å². The zero-order chi connectivity index (χ0) is 18.1. The van der Waals surface area contributed by atoms with E-state index in [4.69, 9.17) is 11.6 Å². The van der Waals surface area contributed by atoms with Gasteiger partial charge in [-0.3, -0.25) is 9.20 Å². The average Bonchev–Trinajstić information content (AvgIpc) is 3.28. The summed E-state index contributed by atoms with van der Waals surface area (Å²) in [6.07, 6.45) is 3.90. The van der Waals surface area contributed by atoms with Crippen molar-refractivity contribution in [3.05, 3.63) is 76.8 Å². The van der Waals surface area contributed by atoms with Crippen molar-refractivity contribution >= 4 is 23.0 Å². The van der Waals surface area contributed by atoms with Crippen LogP contribution in [-0.2, 0) is 6.42 Å². The number of aromatic nitrogens is 4. The van der Waals surface area contributed by atoms with E-state index in [0.29, 0.717) is 27.7 Å². The van der Waals surface area contributed by atoms with E-state index in [1.165, 1.54) is 6.07 Å². The number of nitrogens with zero attached hydrogens (tertiary/aromatic N) is 3. The minimum absolute atomic E-state index is 0.0966. The molecule has 1 aromatic carbocycles. The zero-order valence-corrected chi connectivity index (χ0v) is 14.4. The molecule has 3 heterocycles. The quantitative estimate of drug-likeness (QED) is 0.533. The third-order valence-electron chi connectivity index (χ3n) is 4.22. The lowest BCUT2D eigenvalue weighted by molar-refractivity contribution is 0.0983. The second-order valence-corrected chi connectivity index (χ2v) is 6.29. The molecule has 3 aromatic heterocycles. The molecule has 0 amide bonds. The molecule has 0 fully saturated rings. The van der Waals surface area contributed by atoms with E-state index >= 15 is 0 Å². The Hall–Kier alpha value is -2.99. The standard InChI is InChI=1S/C19H14ClFN4O/c20-14-4-3-5-15(21)13(14)7-8-17(26)12-10-16(22-11-12)19-24-23-18-6-1-2-9-25(18)19/h1-6,9-11,22H,7-8H2. The largest absolute Gasteiger partial charge is 0.358 e. The molecule has 0 saturated carbocycles. The number of hydrogen-bond donors (Lipinski definition) is 1. The lowest BCUT2D eigenvalue weighted by Gasteiger charge is -2.04. The fourth-order valence-electron chi connectivity index (χ4n) is 2.86. The molecule has 7 heteroatoms. The number of nitrogens with one attached hydrogen (secondary N) is 1. The molecule has 0 spiro atoms. The minimum atomic E-state index is -0.394. The number of fused-ring (bicyclic) bond motifs is 1. The molecule has 0 radical (unpaired) electrons. The summed E-state index contributed by atoms with van der Waals surface area (Å²) in [5, 5.41) is 8.59. The third kappa shape index (κ3) is 2.99. The number of H-pyrrole nitrogens is 1. The van der Waals surface area contributed by atoms with Gasteiger partial charge in [0.05, 0.1) is 5.69 Å². The fourth-order valence-corrected chi connectivity index (χ4v) is 3.12. The Balaban J connectivity index is 1.53. The van der Waals surface area contributed by atoms with Crippen molar-refractivity contribution < 1.29 is 9.18 Å². The van der Waals surface area contributed by atoms with Crippen LogP contribution in [0.2, 0.25) is 5.02 Å². The third-order valence-corrected chi connectivity index (χ3v) is 4.58. The van der Waals surface area contributed by atoms with Gasteiger partial charge in [-0.2, -0.15) is 0 Å². The van der Waals surface area contributed by atoms with E-state index in [-0.39, 0.29) is 18.6 Å². The van der Waals surface area contributed by atoms with Crippen molar-refractivity contribution in [1.82, 2.24) is 19.6 Å². The molecule has 0 aliphatic carbocycles. The number of halogens is 2. The van der Waals surface area contributed by atoms with Crippen molar-refractivity contribution in [3.63, 3.8) is 0 Å². The first-order chi connectivity index (χ1) is 12.6. The SMILES string of the molecule is O=C(CCc1c(F)cccc1Cl)c1c[nH]c(-c2nnc3ccccn23)c1. The van der Waals surface area contributed by atoms with Crippen LogP contribution < -0.4 is 0 Å². The van der Waals surface area contributed by atoms with Crippen LogP contribution in [-0.4, -0.2) is 25.4 Å². The summed E-state index contributed by atoms with van der Waals surface area (Å²) >= 11 is 6.01. The van der Waals surface area contributed by atoms with Gasteiger partial charge in [0.15, 0.2) is 17.3 Å². The lowest BCUT2D eigenvalue weighted by atomic mass is 10.0. The van der Waals surface area contributed by atoms with E-state index in [2.05, 4.69) is 15.2 Å². The molecule has 26 heavy (non-hydrogen) atoms. The van der Waals surface area contributed by atoms with Crippen LogP contribution in [0.3, 0.4) is 0 Å². The Kier molecular flexibility index (Phi) is 4.26. The Bertz CT molecular complexity index is 1080. The van der Waals surface area contributed by atoms with Gasteiger partial charge in [-0.05, 0) is 36.8 Å². The number of rotatable bonds is 5. The summed E-state index contributed by atoms with van der Waals surface area (Å²) in [6.45, 7) is 0. The second-order valence-electron chi connectivity index (χ2n) is 5.88. The van der Waals surface area contributed by atoms with Crippen molar-refractivity contribution in [3.8, 4) is 11.5 Å². The number of hydrogen-bond acceptors (Lipinski definition) is 3. The molecule has 0 saturated heterocycles. The molecular weight excluding hydrogens is 355 g/mol. The monoisotopic (exact) mass is 368 g/mol. The fraction of sp³-hybridized carbons (Fsp3) is 0.105. The first-order valence-electron chi connectivity index (χ1n) is 8.08. The molecule has 0 aliphatic rings. The molecule has 4 rings (SSSR count). The Labute approximate surface area is 153 Å². The van der Waals surface area contributed by atoms with Crippen LogP contribution >= 0.6 is 11.6 Å². The maximum atomic E-state index is 13.8. The molecule has 0 bridgehead atoms. The van der Waals surface area contributed by atoms with Crippen molar-refractivity contribution in [1.29, 1.82) is 0 Å². The number of aromatic amines is 1. The van der Waals surface area contributed by atoms with Crippen LogP contribution in [0.25, 0.3) is 17.2 Å². The van der Waals surface area contributed by atoms with Gasteiger partial charge in [0.1, 0.15) is 5.82 Å². The van der Waals surface area contributed by atoms with Gasteiger partial charge in [-0.1, -0.05) is 23.7 Å². The zero-order valence-electron chi connectivity index (χ0n) is 13.6. The Morgan fingerprint density at radius 3 is 2.92 bits per heavy atom. The number of pyridine rings is 1. The van der Waals surface area contributed by atoms with Crippen LogP contribution in [0.5, 0.6) is 0 Å². The molecular formula is C19H14ClFN4O. The smallest absolute Gasteiger partial charge is 0.184 e. The maximum absolute atomic E-state index is 13.8. The number of benzene rings is 1. The number of ketones is 1. The summed E-state index contributed by atoms with van der Waals surface area (Å²) in [4.78, 5) is 15.5. The van der Waals surface area contributed by atoms with Crippen LogP contribution in [0.15, 0.2) is 54.9 Å². The average molecular weight is 369 g/mol. The van der Waals surface area contributed by atoms with Gasteiger partial charge < -0.3 is 4.98 Å². The van der Waals surface area contributed by atoms with Crippen molar-refractivity contribution in [2.45, 2.75) is 12.8 Å². The summed E-state index contributed by atoms with van der Waals surface area (Å²) < 4.78 is 15.7. The normalized spacial score (nSPS) is 11.2. The van der Waals surface area contributed by atoms with Gasteiger partial charge >= 0.3 is 0 Å². The predicted molar refractivity (Wildman–Crippen MR) is 96.8 cm³/mol. The first kappa shape index (κ1) is 16.5. The maximum Gasteiger partial charge on any atom is 0.184 e. The van der Waals surface area contributed by atoms with Gasteiger partial charge in [-0.15, -0.1) is 10.2 Å². The highest BCUT2D eigenvalue weighted by Crippen LogP contribution is 2.23. The van der Waals surface area contributed by atoms with Crippen molar-refractivity contribution in [2.75, 3.05) is 0 Å². The van der Waals surface area contributed by atoms with Crippen molar-refractivity contribution in [2.24, 2.45) is 0 Å². The predicted octanol–water partition coefficient (Wildman–Crippen LogP) is 4.33. The number of carbonyl (C=O) groups excluding carboxylic acids is 1. The van der Waals surface area contributed by atoms with Gasteiger partial charge in [0.2, 0.25) is 0 Å². The van der Waals surface area contributed by atoms with E-state index in [9.17, 15) is 9.18 Å². The van der Waals surface area contributed by atoms with E-state index < -0.39 is 5.82 Å². The second kappa shape index (κ2) is 6.72. The number of carbonyl (C=O) groups is 1. The van der Waals surface area contributed by atoms with Crippen LogP contribution in [0.1, 0.15) is 22.3 Å². The van der Waals surface area contributed by atoms with E-state index in [1.807, 2.05) is 28.8 Å². The van der Waals surface area contributed by atoms with Gasteiger partial charge in [-0.25, -0.2) is 4.39 Å². The molecule has 5 nitrogen and oxygen atoms in total. The summed E-state index contributed by atoms with van der Waals surface area (Å²) in [5.74, 6) is 0.132. The lowest BCUT2D eigenvalue weighted by Crippen LogP contribution is -2.01. The van der Waals surface area contributed by atoms with E-state index in [1.54, 1.807) is 24.4 Å². The van der Waals surface area contributed by atoms with Crippen LogP contribution in [0.4, 0.5) is 4.39 Å². The molecule has 0 aliphatic heterocycles. The molecule has 0 unspecified atom stereocenters. The molecule has 1 N–H and O–H groups in total. The highest BCUT2D eigenvalue weighted by molar-refractivity contribution is 6.31. The molecule has 0 atom stereocenters. The Morgan fingerprint density at radius 2 is 2.08 bits per heavy atom. The van der Waals surface area contributed by atoms with Crippen LogP contribution in [0, 0.1) is 5.82 Å². The topological polar surface area (TPSA) is 63.0 Å². The summed E-state index contributed by atoms with van der Waals surface area (Å²) in [5.41, 5.74) is 2.29. The van der Waals surface area contributed by atoms with Gasteiger partial charge in [0, 0.05) is 35.0 Å². The molecule has 4 aromatic rings.